The summed E-state index contributed by atoms with van der Waals surface area (Å²) in [5.41, 5.74) is 1.81. The van der Waals surface area contributed by atoms with Crippen LogP contribution in [0.5, 0.6) is 5.75 Å². The highest BCUT2D eigenvalue weighted by molar-refractivity contribution is 5.96. The molecule has 0 fully saturated rings. The molecule has 2 rings (SSSR count). The molecule has 2 aromatic rings. The zero-order valence-electron chi connectivity index (χ0n) is 15.0. The molecule has 0 radical (unpaired) electrons. The molecule has 0 atom stereocenters. The largest absolute Gasteiger partial charge is 0.484 e. The fraction of sp³-hybridized carbons (Fsp3) is 0.190. The third kappa shape index (κ3) is 6.33. The van der Waals surface area contributed by atoms with E-state index in [0.29, 0.717) is 29.0 Å². The van der Waals surface area contributed by atoms with Crippen molar-refractivity contribution in [2.24, 2.45) is 0 Å². The average molecular weight is 364 g/mol. The van der Waals surface area contributed by atoms with Crippen molar-refractivity contribution in [1.29, 1.82) is 0 Å². The molecular weight excluding hydrogens is 344 g/mol. The Morgan fingerprint density at radius 1 is 1.07 bits per heavy atom. The molecule has 6 nitrogen and oxygen atoms in total. The van der Waals surface area contributed by atoms with Crippen molar-refractivity contribution >= 4 is 23.3 Å². The molecule has 6 heteroatoms. The van der Waals surface area contributed by atoms with Crippen molar-refractivity contribution in [3.8, 4) is 18.1 Å². The van der Waals surface area contributed by atoms with Crippen LogP contribution >= 0.6 is 0 Å². The summed E-state index contributed by atoms with van der Waals surface area (Å²) in [4.78, 5) is 35.2. The van der Waals surface area contributed by atoms with Gasteiger partial charge in [0.1, 0.15) is 5.75 Å². The van der Waals surface area contributed by atoms with E-state index in [1.807, 2.05) is 0 Å². The summed E-state index contributed by atoms with van der Waals surface area (Å²) >= 11 is 0. The lowest BCUT2D eigenvalue weighted by Gasteiger charge is -2.09. The predicted octanol–water partition coefficient (Wildman–Crippen LogP) is 2.39. The van der Waals surface area contributed by atoms with Crippen LogP contribution in [0, 0.1) is 12.3 Å². The van der Waals surface area contributed by atoms with Gasteiger partial charge in [0.15, 0.2) is 12.4 Å². The normalized spacial score (nSPS) is 9.78. The molecule has 2 aromatic carbocycles. The fourth-order valence-corrected chi connectivity index (χ4v) is 2.21. The van der Waals surface area contributed by atoms with E-state index >= 15 is 0 Å². The molecule has 0 heterocycles. The molecule has 0 bridgehead atoms. The molecule has 2 N–H and O–H groups in total. The number of Topliss-reactive ketones (excluding diaryl/α,β-unsaturated/α-hetero) is 1. The standard InChI is InChI=1S/C21H20N2O4/c1-3-15-6-5-7-17(12-15)23-20(25)13-22-21(26)14-27-18-10-8-16(9-11-18)19(24)4-2/h1,5-12H,4,13-14H2,2H3,(H,22,26)(H,23,25). The first kappa shape index (κ1) is 19.7. The second-order valence-corrected chi connectivity index (χ2v) is 5.64. The van der Waals surface area contributed by atoms with Gasteiger partial charge in [-0.2, -0.15) is 0 Å². The number of ketones is 1. The van der Waals surface area contributed by atoms with E-state index in [9.17, 15) is 14.4 Å². The van der Waals surface area contributed by atoms with Crippen LogP contribution in [0.15, 0.2) is 48.5 Å². The number of benzene rings is 2. The summed E-state index contributed by atoms with van der Waals surface area (Å²) in [6.07, 6.45) is 5.74. The Kier molecular flexibility index (Phi) is 7.15. The Morgan fingerprint density at radius 3 is 2.48 bits per heavy atom. The van der Waals surface area contributed by atoms with E-state index in [2.05, 4.69) is 16.6 Å². The van der Waals surface area contributed by atoms with Crippen molar-refractivity contribution in [3.05, 3.63) is 59.7 Å². The third-order valence-corrected chi connectivity index (χ3v) is 3.63. The highest BCUT2D eigenvalue weighted by Crippen LogP contribution is 2.13. The van der Waals surface area contributed by atoms with Crippen molar-refractivity contribution in [2.75, 3.05) is 18.5 Å². The molecule has 0 saturated carbocycles. The van der Waals surface area contributed by atoms with Crippen LogP contribution < -0.4 is 15.4 Å². The van der Waals surface area contributed by atoms with Crippen molar-refractivity contribution in [1.82, 2.24) is 5.32 Å². The van der Waals surface area contributed by atoms with Gasteiger partial charge < -0.3 is 15.4 Å². The lowest BCUT2D eigenvalue weighted by atomic mass is 10.1. The first-order chi connectivity index (χ1) is 13.0. The number of hydrogen-bond donors (Lipinski definition) is 2. The van der Waals surface area contributed by atoms with Crippen molar-refractivity contribution in [3.63, 3.8) is 0 Å². The molecule has 0 spiro atoms. The minimum absolute atomic E-state index is 0.0399. The maximum Gasteiger partial charge on any atom is 0.258 e. The number of carbonyl (C=O) groups is 3. The monoisotopic (exact) mass is 364 g/mol. The van der Waals surface area contributed by atoms with E-state index < -0.39 is 5.91 Å². The van der Waals surface area contributed by atoms with Crippen LogP contribution in [0.4, 0.5) is 5.69 Å². The molecule has 0 aromatic heterocycles. The fourth-order valence-electron chi connectivity index (χ4n) is 2.21. The summed E-state index contributed by atoms with van der Waals surface area (Å²) < 4.78 is 5.34. The van der Waals surface area contributed by atoms with Gasteiger partial charge in [-0.1, -0.05) is 18.9 Å². The van der Waals surface area contributed by atoms with Gasteiger partial charge in [-0.05, 0) is 42.5 Å². The van der Waals surface area contributed by atoms with Gasteiger partial charge >= 0.3 is 0 Å². The summed E-state index contributed by atoms with van der Waals surface area (Å²) in [5.74, 6) is 2.18. The van der Waals surface area contributed by atoms with Gasteiger partial charge in [0.05, 0.1) is 6.54 Å². The van der Waals surface area contributed by atoms with Gasteiger partial charge in [0.2, 0.25) is 5.91 Å². The summed E-state index contributed by atoms with van der Waals surface area (Å²) in [5, 5.41) is 5.12. The molecule has 27 heavy (non-hydrogen) atoms. The molecule has 0 aliphatic carbocycles. The average Bonchev–Trinajstić information content (AvgIpc) is 2.70. The van der Waals surface area contributed by atoms with Crippen LogP contribution in [0.25, 0.3) is 0 Å². The smallest absolute Gasteiger partial charge is 0.258 e. The van der Waals surface area contributed by atoms with Gasteiger partial charge in [0, 0.05) is 23.2 Å². The van der Waals surface area contributed by atoms with E-state index in [1.165, 1.54) is 0 Å². The Bertz CT molecular complexity index is 866. The summed E-state index contributed by atoms with van der Waals surface area (Å²) in [6.45, 7) is 1.37. The molecule has 0 aliphatic rings. The SMILES string of the molecule is C#Cc1cccc(NC(=O)CNC(=O)COc2ccc(C(=O)CC)cc2)c1. The first-order valence-corrected chi connectivity index (χ1v) is 8.41. The lowest BCUT2D eigenvalue weighted by molar-refractivity contribution is -0.125. The number of hydrogen-bond acceptors (Lipinski definition) is 4. The van der Waals surface area contributed by atoms with E-state index in [0.717, 1.165) is 0 Å². The minimum Gasteiger partial charge on any atom is -0.484 e. The molecule has 138 valence electrons. The van der Waals surface area contributed by atoms with Crippen LogP contribution in [0.3, 0.4) is 0 Å². The number of amides is 2. The molecule has 0 unspecified atom stereocenters. The lowest BCUT2D eigenvalue weighted by Crippen LogP contribution is -2.35. The maximum atomic E-state index is 11.9. The topological polar surface area (TPSA) is 84.5 Å². The number of carbonyl (C=O) groups excluding carboxylic acids is 3. The minimum atomic E-state index is -0.434. The highest BCUT2D eigenvalue weighted by atomic mass is 16.5. The van der Waals surface area contributed by atoms with Gasteiger partial charge in [0.25, 0.3) is 5.91 Å². The highest BCUT2D eigenvalue weighted by Gasteiger charge is 2.08. The van der Waals surface area contributed by atoms with Crippen LogP contribution in [0.2, 0.25) is 0 Å². The molecule has 0 aliphatic heterocycles. The Hall–Kier alpha value is -3.59. The second-order valence-electron chi connectivity index (χ2n) is 5.64. The van der Waals surface area contributed by atoms with Crippen molar-refractivity contribution in [2.45, 2.75) is 13.3 Å². The van der Waals surface area contributed by atoms with Crippen LogP contribution in [-0.4, -0.2) is 30.7 Å². The van der Waals surface area contributed by atoms with Gasteiger partial charge in [-0.3, -0.25) is 14.4 Å². The number of rotatable bonds is 8. The summed E-state index contributed by atoms with van der Waals surface area (Å²) in [7, 11) is 0. The van der Waals surface area contributed by atoms with E-state index in [-0.39, 0.29) is 24.8 Å². The van der Waals surface area contributed by atoms with E-state index in [1.54, 1.807) is 55.5 Å². The number of anilines is 1. The van der Waals surface area contributed by atoms with Crippen molar-refractivity contribution < 1.29 is 19.1 Å². The van der Waals surface area contributed by atoms with E-state index in [4.69, 9.17) is 11.2 Å². The zero-order valence-corrected chi connectivity index (χ0v) is 15.0. The second kappa shape index (κ2) is 9.78. The first-order valence-electron chi connectivity index (χ1n) is 8.41. The Labute approximate surface area is 157 Å². The molecule has 0 saturated heterocycles. The van der Waals surface area contributed by atoms with Crippen LogP contribution in [-0.2, 0) is 9.59 Å². The number of nitrogens with one attached hydrogen (secondary N) is 2. The predicted molar refractivity (Wildman–Crippen MR) is 103 cm³/mol. The molecule has 2 amide bonds. The number of ether oxygens (including phenoxy) is 1. The van der Waals surface area contributed by atoms with Crippen LogP contribution in [0.1, 0.15) is 29.3 Å². The number of terminal acetylenes is 1. The van der Waals surface area contributed by atoms with Gasteiger partial charge in [-0.15, -0.1) is 6.42 Å². The maximum absolute atomic E-state index is 11.9. The summed E-state index contributed by atoms with van der Waals surface area (Å²) in [6, 6.07) is 13.4. The Balaban J connectivity index is 1.74. The Morgan fingerprint density at radius 2 is 1.81 bits per heavy atom. The zero-order chi connectivity index (χ0) is 19.6. The third-order valence-electron chi connectivity index (χ3n) is 3.63. The quantitative estimate of drug-likeness (QED) is 0.556. The van der Waals surface area contributed by atoms with Gasteiger partial charge in [-0.25, -0.2) is 0 Å². The molecular formula is C21H20N2O4.